The number of pyridine rings is 1. The summed E-state index contributed by atoms with van der Waals surface area (Å²) in [7, 11) is 0. The molecule has 0 aliphatic carbocycles. The third kappa shape index (κ3) is 4.40. The summed E-state index contributed by atoms with van der Waals surface area (Å²) >= 11 is 0. The molecule has 0 unspecified atom stereocenters. The quantitative estimate of drug-likeness (QED) is 0.418. The maximum atomic E-state index is 11.9. The lowest BCUT2D eigenvalue weighted by atomic mass is 9.93. The van der Waals surface area contributed by atoms with E-state index in [1.165, 1.54) is 0 Å². The summed E-state index contributed by atoms with van der Waals surface area (Å²) in [5.41, 5.74) is 7.85. The Labute approximate surface area is 179 Å². The van der Waals surface area contributed by atoms with E-state index in [9.17, 15) is 14.4 Å². The Hall–Kier alpha value is -3.73. The van der Waals surface area contributed by atoms with Crippen molar-refractivity contribution in [2.45, 2.75) is 26.7 Å². The van der Waals surface area contributed by atoms with E-state index in [1.54, 1.807) is 12.1 Å². The highest BCUT2D eigenvalue weighted by atomic mass is 19.3. The fourth-order valence-electron chi connectivity index (χ4n) is 4.01. The van der Waals surface area contributed by atoms with Crippen LogP contribution in [0.2, 0.25) is 0 Å². The number of halogens is 1. The molecular formula is C26H22FNO3. The Morgan fingerprint density at radius 2 is 1.71 bits per heavy atom. The zero-order valence-corrected chi connectivity index (χ0v) is 17.4. The lowest BCUT2D eigenvalue weighted by molar-refractivity contribution is -0.183. The summed E-state index contributed by atoms with van der Waals surface area (Å²) < 4.78 is 11.9. The summed E-state index contributed by atoms with van der Waals surface area (Å²) in [4.78, 5) is 19.0. The van der Waals surface area contributed by atoms with Crippen LogP contribution in [0, 0.1) is 13.8 Å². The highest BCUT2D eigenvalue weighted by molar-refractivity contribution is 5.83. The van der Waals surface area contributed by atoms with Crippen molar-refractivity contribution in [1.29, 1.82) is 0 Å². The SMILES string of the molecule is Cc1cc(O)cc(C)c1-c1cccc(-c2ccc3cc(CCC(=O)OF)ccc3n2)c1. The molecule has 0 saturated heterocycles. The Bertz CT molecular complexity index is 1260. The molecule has 1 heterocycles. The number of benzene rings is 3. The second-order valence-electron chi connectivity index (χ2n) is 7.71. The molecule has 1 aromatic heterocycles. The van der Waals surface area contributed by atoms with Crippen LogP contribution in [-0.2, 0) is 16.2 Å². The van der Waals surface area contributed by atoms with Gasteiger partial charge in [0.2, 0.25) is 0 Å². The van der Waals surface area contributed by atoms with Gasteiger partial charge in [-0.05, 0) is 84.5 Å². The monoisotopic (exact) mass is 415 g/mol. The molecule has 0 aliphatic rings. The van der Waals surface area contributed by atoms with Gasteiger partial charge in [0.25, 0.3) is 0 Å². The third-order valence-electron chi connectivity index (χ3n) is 5.42. The minimum atomic E-state index is -0.868. The van der Waals surface area contributed by atoms with Crippen LogP contribution in [0.15, 0.2) is 66.7 Å². The molecule has 31 heavy (non-hydrogen) atoms. The van der Waals surface area contributed by atoms with Crippen LogP contribution in [0.4, 0.5) is 4.53 Å². The van der Waals surface area contributed by atoms with E-state index >= 15 is 0 Å². The number of nitrogens with zero attached hydrogens (tertiary/aromatic N) is 1. The number of aryl methyl sites for hydroxylation is 3. The number of carbonyl (C=O) groups is 1. The van der Waals surface area contributed by atoms with E-state index < -0.39 is 5.97 Å². The molecule has 4 aromatic rings. The zero-order valence-electron chi connectivity index (χ0n) is 17.4. The van der Waals surface area contributed by atoms with Crippen LogP contribution in [-0.4, -0.2) is 16.1 Å². The number of hydrogen-bond acceptors (Lipinski definition) is 4. The highest BCUT2D eigenvalue weighted by Crippen LogP contribution is 2.33. The van der Waals surface area contributed by atoms with Crippen LogP contribution in [0.1, 0.15) is 23.1 Å². The number of carbonyl (C=O) groups excluding carboxylic acids is 1. The normalized spacial score (nSPS) is 10.9. The number of aromatic hydroxyl groups is 1. The topological polar surface area (TPSA) is 59.4 Å². The van der Waals surface area contributed by atoms with Crippen molar-refractivity contribution >= 4 is 16.9 Å². The van der Waals surface area contributed by atoms with Crippen LogP contribution in [0.3, 0.4) is 0 Å². The number of phenolic OH excluding ortho intramolecular Hbond substituents is 1. The average Bonchev–Trinajstić information content (AvgIpc) is 2.76. The molecule has 0 saturated carbocycles. The van der Waals surface area contributed by atoms with Gasteiger partial charge in [-0.3, -0.25) is 4.94 Å². The van der Waals surface area contributed by atoms with E-state index in [0.717, 1.165) is 50.0 Å². The summed E-state index contributed by atoms with van der Waals surface area (Å²) in [6, 6.07) is 21.5. The Morgan fingerprint density at radius 3 is 2.45 bits per heavy atom. The predicted molar refractivity (Wildman–Crippen MR) is 119 cm³/mol. The zero-order chi connectivity index (χ0) is 22.0. The van der Waals surface area contributed by atoms with E-state index in [2.05, 4.69) is 17.1 Å². The molecule has 0 aliphatic heterocycles. The summed E-state index contributed by atoms with van der Waals surface area (Å²) in [5, 5.41) is 10.8. The Morgan fingerprint density at radius 1 is 0.968 bits per heavy atom. The van der Waals surface area contributed by atoms with Crippen molar-refractivity contribution in [2.75, 3.05) is 0 Å². The van der Waals surface area contributed by atoms with Gasteiger partial charge in [0.15, 0.2) is 0 Å². The Balaban J connectivity index is 1.66. The van der Waals surface area contributed by atoms with E-state index in [0.29, 0.717) is 6.42 Å². The lowest BCUT2D eigenvalue weighted by Crippen LogP contribution is -1.99. The van der Waals surface area contributed by atoms with Crippen molar-refractivity contribution in [1.82, 2.24) is 4.98 Å². The molecule has 4 nitrogen and oxygen atoms in total. The van der Waals surface area contributed by atoms with Gasteiger partial charge in [0, 0.05) is 15.5 Å². The molecule has 4 rings (SSSR count). The molecule has 1 N–H and O–H groups in total. The highest BCUT2D eigenvalue weighted by Gasteiger charge is 2.10. The second-order valence-corrected chi connectivity index (χ2v) is 7.71. The third-order valence-corrected chi connectivity index (χ3v) is 5.42. The molecule has 0 amide bonds. The molecule has 5 heteroatoms. The number of aromatic nitrogens is 1. The van der Waals surface area contributed by atoms with Gasteiger partial charge < -0.3 is 5.11 Å². The number of hydrogen-bond donors (Lipinski definition) is 1. The maximum Gasteiger partial charge on any atom is 0.349 e. The standard InChI is InChI=1S/C26H22FNO3/c1-16-12-22(29)13-17(2)26(16)21-5-3-4-19(15-21)24-10-8-20-14-18(6-9-23(20)28-24)7-11-25(30)31-27/h3-6,8-10,12-15,29H,7,11H2,1-2H3. The van der Waals surface area contributed by atoms with Crippen molar-refractivity contribution in [3.63, 3.8) is 0 Å². The minimum Gasteiger partial charge on any atom is -0.508 e. The first kappa shape index (κ1) is 20.5. The molecule has 0 radical (unpaired) electrons. The second kappa shape index (κ2) is 8.56. The van der Waals surface area contributed by atoms with Crippen molar-refractivity contribution in [3.8, 4) is 28.1 Å². The van der Waals surface area contributed by atoms with Crippen LogP contribution < -0.4 is 0 Å². The average molecular weight is 415 g/mol. The number of phenols is 1. The van der Waals surface area contributed by atoms with Gasteiger partial charge in [-0.2, -0.15) is 0 Å². The molecule has 0 spiro atoms. The van der Waals surface area contributed by atoms with Crippen LogP contribution >= 0.6 is 0 Å². The summed E-state index contributed by atoms with van der Waals surface area (Å²) in [6.45, 7) is 3.99. The molecule has 156 valence electrons. The maximum absolute atomic E-state index is 11.9. The number of fused-ring (bicyclic) bond motifs is 1. The van der Waals surface area contributed by atoms with Crippen LogP contribution in [0.25, 0.3) is 33.3 Å². The fourth-order valence-corrected chi connectivity index (χ4v) is 4.01. The lowest BCUT2D eigenvalue weighted by Gasteiger charge is -2.12. The molecule has 0 fully saturated rings. The number of rotatable bonds is 5. The van der Waals surface area contributed by atoms with Crippen molar-refractivity contribution in [3.05, 3.63) is 83.4 Å². The first-order chi connectivity index (χ1) is 14.9. The molecule has 3 aromatic carbocycles. The minimum absolute atomic E-state index is 0.00357. The van der Waals surface area contributed by atoms with Gasteiger partial charge in [0.05, 0.1) is 17.6 Å². The van der Waals surface area contributed by atoms with Gasteiger partial charge in [-0.1, -0.05) is 30.3 Å². The van der Waals surface area contributed by atoms with Gasteiger partial charge in [0.1, 0.15) is 5.75 Å². The van der Waals surface area contributed by atoms with Gasteiger partial charge in [-0.25, -0.2) is 9.78 Å². The predicted octanol–water partition coefficient (Wildman–Crippen LogP) is 6.25. The largest absolute Gasteiger partial charge is 0.508 e. The van der Waals surface area contributed by atoms with E-state index in [-0.39, 0.29) is 12.2 Å². The summed E-state index contributed by atoms with van der Waals surface area (Å²) in [6.07, 6.45) is 0.407. The van der Waals surface area contributed by atoms with Gasteiger partial charge >= 0.3 is 5.97 Å². The van der Waals surface area contributed by atoms with Gasteiger partial charge in [-0.15, -0.1) is 0 Å². The molecular weight excluding hydrogens is 393 g/mol. The van der Waals surface area contributed by atoms with Crippen molar-refractivity contribution < 1.29 is 19.4 Å². The van der Waals surface area contributed by atoms with E-state index in [4.69, 9.17) is 4.98 Å². The first-order valence-corrected chi connectivity index (χ1v) is 10.1. The fraction of sp³-hybridized carbons (Fsp3) is 0.154. The Kier molecular flexibility index (Phi) is 5.67. The smallest absolute Gasteiger partial charge is 0.349 e. The first-order valence-electron chi connectivity index (χ1n) is 10.1. The van der Waals surface area contributed by atoms with Crippen LogP contribution in [0.5, 0.6) is 5.75 Å². The molecule has 0 bridgehead atoms. The molecule has 0 atom stereocenters. The van der Waals surface area contributed by atoms with E-state index in [1.807, 2.05) is 56.3 Å². The summed E-state index contributed by atoms with van der Waals surface area (Å²) in [5.74, 6) is -0.598. The van der Waals surface area contributed by atoms with Crippen molar-refractivity contribution in [2.24, 2.45) is 0 Å².